The molecule has 0 radical (unpaired) electrons. The Morgan fingerprint density at radius 1 is 0.333 bits per heavy atom. The van der Waals surface area contributed by atoms with E-state index in [4.69, 9.17) is 0 Å². The van der Waals surface area contributed by atoms with Gasteiger partial charge in [0, 0.05) is 64.9 Å². The van der Waals surface area contributed by atoms with Gasteiger partial charge in [0.25, 0.3) is 0 Å². The summed E-state index contributed by atoms with van der Waals surface area (Å²) in [7, 11) is 15.2. The number of piperazine rings is 1. The van der Waals surface area contributed by atoms with Crippen LogP contribution >= 0.6 is 0 Å². The Kier molecular flexibility index (Phi) is 21.1. The molecule has 6 saturated heterocycles. The van der Waals surface area contributed by atoms with Gasteiger partial charge in [0.15, 0.2) is 0 Å². The van der Waals surface area contributed by atoms with Crippen LogP contribution < -0.4 is 0 Å². The summed E-state index contributed by atoms with van der Waals surface area (Å²) in [5.74, 6) is 3.83. The van der Waals surface area contributed by atoms with Crippen LogP contribution in [0.4, 0.5) is 0 Å². The summed E-state index contributed by atoms with van der Waals surface area (Å²) in [6.07, 6.45) is 7.03. The van der Waals surface area contributed by atoms with Crippen LogP contribution in [0.15, 0.2) is 0 Å². The monoisotopic (exact) mass is 596 g/mol. The zero-order valence-electron chi connectivity index (χ0n) is 30.7. The van der Waals surface area contributed by atoms with E-state index in [9.17, 15) is 0 Å². The van der Waals surface area contributed by atoms with Gasteiger partial charge in [-0.05, 0) is 138 Å². The molecule has 4 atom stereocenters. The minimum absolute atomic E-state index is 0.884. The van der Waals surface area contributed by atoms with Crippen molar-refractivity contribution in [3.05, 3.63) is 0 Å². The zero-order chi connectivity index (χ0) is 31.7. The van der Waals surface area contributed by atoms with Gasteiger partial charge in [-0.1, -0.05) is 27.7 Å². The predicted octanol–water partition coefficient (Wildman–Crippen LogP) is 4.41. The van der Waals surface area contributed by atoms with E-state index in [-0.39, 0.29) is 0 Å². The maximum Gasteiger partial charge on any atom is 0.0192 e. The topological polar surface area (TPSA) is 22.5 Å². The standard InChI is InChI=1S/2C7H15N.C6H14N2.C6H13N.C5H11N.C4H9N/c1-7-3-5-8(2)6-4-7;1-7-4-3-5-8(2)6-7;1-7-3-5-8(2)6-4-7;1-6-3-4-7(2)5-6;1-5-3-6(2)4-5;1-4-3-5(4)2/h2*7H,3-6H2,1-2H3;3-6H2,1-2H3;6H,3-5H2,1-2H3;5H,3-4H2,1-2H3;4H,3H2,1-2H3. The highest BCUT2D eigenvalue weighted by atomic mass is 15.3. The highest BCUT2D eigenvalue weighted by Gasteiger charge is 2.22. The zero-order valence-corrected chi connectivity index (χ0v) is 30.7. The molecule has 0 spiro atoms. The predicted molar refractivity (Wildman–Crippen MR) is 187 cm³/mol. The van der Waals surface area contributed by atoms with Crippen molar-refractivity contribution >= 4 is 0 Å². The Balaban J connectivity index is 0.000000254. The van der Waals surface area contributed by atoms with Crippen LogP contribution in [-0.4, -0.2) is 175 Å². The fourth-order valence-electron chi connectivity index (χ4n) is 6.00. The Hall–Kier alpha value is -0.280. The second-order valence-electron chi connectivity index (χ2n) is 15.4. The molecule has 7 heteroatoms. The lowest BCUT2D eigenvalue weighted by molar-refractivity contribution is 0.149. The van der Waals surface area contributed by atoms with Crippen LogP contribution in [0.5, 0.6) is 0 Å². The van der Waals surface area contributed by atoms with Crippen LogP contribution in [0.3, 0.4) is 0 Å². The number of rotatable bonds is 0. The molecular weight excluding hydrogens is 518 g/mol. The van der Waals surface area contributed by atoms with E-state index < -0.39 is 0 Å². The third-order valence-corrected chi connectivity index (χ3v) is 9.64. The highest BCUT2D eigenvalue weighted by Crippen LogP contribution is 2.14. The molecule has 0 aromatic carbocycles. The number of likely N-dealkylation sites (N-methyl/N-ethyl adjacent to an activating group) is 3. The summed E-state index contributed by atoms with van der Waals surface area (Å²) >= 11 is 0. The van der Waals surface area contributed by atoms with Crippen molar-refractivity contribution in [1.82, 2.24) is 34.3 Å². The molecule has 6 rings (SSSR count). The van der Waals surface area contributed by atoms with Crippen LogP contribution in [0.2, 0.25) is 0 Å². The molecule has 0 bridgehead atoms. The second kappa shape index (κ2) is 22.3. The second-order valence-corrected chi connectivity index (χ2v) is 15.4. The third kappa shape index (κ3) is 21.4. The molecule has 0 aliphatic carbocycles. The molecule has 4 unspecified atom stereocenters. The van der Waals surface area contributed by atoms with E-state index in [1.165, 1.54) is 117 Å². The minimum Gasteiger partial charge on any atom is -0.306 e. The molecule has 42 heavy (non-hydrogen) atoms. The lowest BCUT2D eigenvalue weighted by atomic mass is 10.00. The summed E-state index contributed by atoms with van der Waals surface area (Å²) in [5.41, 5.74) is 0. The summed E-state index contributed by atoms with van der Waals surface area (Å²) in [6, 6.07) is 0.884. The van der Waals surface area contributed by atoms with Gasteiger partial charge < -0.3 is 34.3 Å². The van der Waals surface area contributed by atoms with Crippen molar-refractivity contribution in [1.29, 1.82) is 0 Å². The van der Waals surface area contributed by atoms with Crippen LogP contribution in [-0.2, 0) is 0 Å². The molecule has 6 aliphatic heterocycles. The van der Waals surface area contributed by atoms with Gasteiger partial charge in [-0.25, -0.2) is 0 Å². The molecule has 6 heterocycles. The molecule has 6 aliphatic rings. The molecular formula is C35H77N7. The van der Waals surface area contributed by atoms with E-state index in [1.807, 2.05) is 0 Å². The first-order chi connectivity index (χ1) is 19.7. The quantitative estimate of drug-likeness (QED) is 0.382. The normalized spacial score (nSPS) is 31.7. The average molecular weight is 596 g/mol. The fourth-order valence-corrected chi connectivity index (χ4v) is 6.00. The molecule has 7 nitrogen and oxygen atoms in total. The van der Waals surface area contributed by atoms with Crippen molar-refractivity contribution in [3.63, 3.8) is 0 Å². The summed E-state index contributed by atoms with van der Waals surface area (Å²) < 4.78 is 0. The first-order valence-corrected chi connectivity index (χ1v) is 17.6. The molecule has 0 aromatic rings. The molecule has 0 N–H and O–H groups in total. The summed E-state index contributed by atoms with van der Waals surface area (Å²) in [4.78, 5) is 16.5. The molecule has 6 fully saturated rings. The van der Waals surface area contributed by atoms with Crippen molar-refractivity contribution < 1.29 is 0 Å². The first-order valence-electron chi connectivity index (χ1n) is 17.6. The fraction of sp³-hybridized carbons (Fsp3) is 1.00. The largest absolute Gasteiger partial charge is 0.306 e. The summed E-state index contributed by atoms with van der Waals surface area (Å²) in [5, 5.41) is 0. The molecule has 0 aromatic heterocycles. The van der Waals surface area contributed by atoms with E-state index in [1.54, 1.807) is 0 Å². The Morgan fingerprint density at radius 2 is 0.667 bits per heavy atom. The van der Waals surface area contributed by atoms with Crippen LogP contribution in [0.1, 0.15) is 66.7 Å². The molecule has 0 amide bonds. The van der Waals surface area contributed by atoms with Crippen molar-refractivity contribution in [2.75, 3.05) is 134 Å². The van der Waals surface area contributed by atoms with Gasteiger partial charge in [-0.2, -0.15) is 0 Å². The molecule has 252 valence electrons. The Morgan fingerprint density at radius 3 is 0.881 bits per heavy atom. The van der Waals surface area contributed by atoms with E-state index in [0.717, 1.165) is 29.7 Å². The maximum absolute atomic E-state index is 2.41. The van der Waals surface area contributed by atoms with E-state index in [2.05, 4.69) is 118 Å². The number of hydrogen-bond donors (Lipinski definition) is 0. The van der Waals surface area contributed by atoms with Gasteiger partial charge in [0.1, 0.15) is 0 Å². The third-order valence-electron chi connectivity index (χ3n) is 9.64. The van der Waals surface area contributed by atoms with Crippen molar-refractivity contribution in [2.24, 2.45) is 23.7 Å². The van der Waals surface area contributed by atoms with Gasteiger partial charge in [-0.3, -0.25) is 0 Å². The maximum atomic E-state index is 2.41. The van der Waals surface area contributed by atoms with Crippen LogP contribution in [0, 0.1) is 23.7 Å². The summed E-state index contributed by atoms with van der Waals surface area (Å²) in [6.45, 7) is 28.2. The Bertz CT molecular complexity index is 559. The number of likely N-dealkylation sites (tertiary alicyclic amines) is 4. The minimum atomic E-state index is 0.884. The van der Waals surface area contributed by atoms with Crippen LogP contribution in [0.25, 0.3) is 0 Å². The van der Waals surface area contributed by atoms with Gasteiger partial charge in [-0.15, -0.1) is 0 Å². The lowest BCUT2D eigenvalue weighted by Gasteiger charge is -2.33. The van der Waals surface area contributed by atoms with Crippen molar-refractivity contribution in [2.45, 2.75) is 72.8 Å². The van der Waals surface area contributed by atoms with E-state index >= 15 is 0 Å². The SMILES string of the molecule is CC1CCCN(C)C1.CC1CCN(C)C1.CC1CCN(C)CC1.CC1CN(C)C1.CC1CN1C.CN1CCN(C)CC1. The van der Waals surface area contributed by atoms with Gasteiger partial charge >= 0.3 is 0 Å². The van der Waals surface area contributed by atoms with Gasteiger partial charge in [0.2, 0.25) is 0 Å². The average Bonchev–Trinajstić information content (AvgIpc) is 3.42. The first kappa shape index (κ1) is 39.7. The van der Waals surface area contributed by atoms with Gasteiger partial charge in [0.05, 0.1) is 0 Å². The van der Waals surface area contributed by atoms with E-state index in [0.29, 0.717) is 0 Å². The number of hydrogen-bond acceptors (Lipinski definition) is 7. The molecule has 0 saturated carbocycles. The number of piperidine rings is 2. The van der Waals surface area contributed by atoms with Crippen molar-refractivity contribution in [3.8, 4) is 0 Å². The number of nitrogens with zero attached hydrogens (tertiary/aromatic N) is 7. The highest BCUT2D eigenvalue weighted by molar-refractivity contribution is 4.79. The smallest absolute Gasteiger partial charge is 0.0192 e. The lowest BCUT2D eigenvalue weighted by Crippen LogP contribution is -2.42. The Labute approximate surface area is 264 Å².